The zero-order valence-corrected chi connectivity index (χ0v) is 17.5. The zero-order valence-electron chi connectivity index (χ0n) is 15.9. The number of hydrogen-bond acceptors (Lipinski definition) is 6. The minimum atomic E-state index is -0.0431. The van der Waals surface area contributed by atoms with Gasteiger partial charge in [-0.25, -0.2) is 4.98 Å². The fourth-order valence-electron chi connectivity index (χ4n) is 3.40. The maximum Gasteiger partial charge on any atom is 0.261 e. The van der Waals surface area contributed by atoms with Crippen molar-refractivity contribution < 1.29 is 14.3 Å². The average Bonchev–Trinajstić information content (AvgIpc) is 3.40. The van der Waals surface area contributed by atoms with E-state index in [0.29, 0.717) is 23.0 Å². The van der Waals surface area contributed by atoms with Crippen molar-refractivity contribution in [1.82, 2.24) is 4.98 Å². The van der Waals surface area contributed by atoms with Crippen LogP contribution < -0.4 is 9.64 Å². The Bertz CT molecular complexity index is 983. The number of nitrogens with zero attached hydrogens (tertiary/aromatic N) is 2. The van der Waals surface area contributed by atoms with Crippen LogP contribution in [-0.4, -0.2) is 43.5 Å². The lowest BCUT2D eigenvalue weighted by Gasteiger charge is -2.24. The van der Waals surface area contributed by atoms with E-state index in [1.807, 2.05) is 48.7 Å². The third kappa shape index (κ3) is 3.74. The maximum absolute atomic E-state index is 13.5. The summed E-state index contributed by atoms with van der Waals surface area (Å²) in [6.45, 7) is 1.26. The van der Waals surface area contributed by atoms with Gasteiger partial charge in [0.25, 0.3) is 5.91 Å². The number of carbonyl (C=O) groups is 1. The molecule has 1 aliphatic rings. The number of amides is 1. The molecule has 7 heteroatoms. The van der Waals surface area contributed by atoms with E-state index >= 15 is 0 Å². The number of fused-ring (bicyclic) bond motifs is 1. The van der Waals surface area contributed by atoms with Crippen LogP contribution in [0.5, 0.6) is 5.75 Å². The van der Waals surface area contributed by atoms with E-state index in [1.54, 1.807) is 23.8 Å². The Morgan fingerprint density at radius 3 is 2.93 bits per heavy atom. The van der Waals surface area contributed by atoms with Gasteiger partial charge in [0.2, 0.25) is 0 Å². The zero-order chi connectivity index (χ0) is 19.5. The lowest BCUT2D eigenvalue weighted by atomic mass is 10.1. The highest BCUT2D eigenvalue weighted by atomic mass is 32.2. The summed E-state index contributed by atoms with van der Waals surface area (Å²) in [5.74, 6) is 0.674. The molecule has 146 valence electrons. The van der Waals surface area contributed by atoms with Crippen molar-refractivity contribution in [3.05, 3.63) is 48.0 Å². The van der Waals surface area contributed by atoms with Gasteiger partial charge >= 0.3 is 0 Å². The Morgan fingerprint density at radius 1 is 1.32 bits per heavy atom. The van der Waals surface area contributed by atoms with Crippen molar-refractivity contribution in [2.75, 3.05) is 31.4 Å². The van der Waals surface area contributed by atoms with Crippen LogP contribution in [0, 0.1) is 0 Å². The Balaban J connectivity index is 1.76. The summed E-state index contributed by atoms with van der Waals surface area (Å²) < 4.78 is 12.3. The standard InChI is InChI=1S/C21H22N2O3S2/c1-25-16-9-5-11-18-19(16)22-21(28-18)23(13-14-7-6-12-26-14)20(24)15-8-3-4-10-17(15)27-2/h3-5,8-11,14H,6-7,12-13H2,1-2H3. The van der Waals surface area contributed by atoms with E-state index in [9.17, 15) is 4.79 Å². The largest absolute Gasteiger partial charge is 0.494 e. The molecule has 1 saturated heterocycles. The lowest BCUT2D eigenvalue weighted by molar-refractivity contribution is 0.0915. The highest BCUT2D eigenvalue weighted by Gasteiger charge is 2.28. The van der Waals surface area contributed by atoms with Gasteiger partial charge in [0, 0.05) is 11.5 Å². The fraction of sp³-hybridized carbons (Fsp3) is 0.333. The summed E-state index contributed by atoms with van der Waals surface area (Å²) in [4.78, 5) is 21.0. The predicted molar refractivity (Wildman–Crippen MR) is 115 cm³/mol. The quantitative estimate of drug-likeness (QED) is 0.540. The number of methoxy groups -OCH3 is 1. The molecule has 1 atom stereocenters. The van der Waals surface area contributed by atoms with E-state index in [4.69, 9.17) is 14.5 Å². The predicted octanol–water partition coefficient (Wildman–Crippen LogP) is 4.85. The van der Waals surface area contributed by atoms with Gasteiger partial charge in [-0.3, -0.25) is 9.69 Å². The SMILES string of the molecule is COc1cccc2sc(N(CC3CCCO3)C(=O)c3ccccc3SC)nc12. The van der Waals surface area contributed by atoms with Crippen LogP contribution in [0.3, 0.4) is 0 Å². The van der Waals surface area contributed by atoms with Crippen molar-refractivity contribution in [3.8, 4) is 5.75 Å². The molecule has 3 aromatic rings. The molecule has 0 bridgehead atoms. The van der Waals surface area contributed by atoms with Crippen LogP contribution in [0.15, 0.2) is 47.4 Å². The number of para-hydroxylation sites is 1. The maximum atomic E-state index is 13.5. The minimum Gasteiger partial charge on any atom is -0.494 e. The van der Waals surface area contributed by atoms with E-state index < -0.39 is 0 Å². The molecule has 2 aromatic carbocycles. The van der Waals surface area contributed by atoms with Crippen LogP contribution in [0.2, 0.25) is 0 Å². The molecule has 0 aliphatic carbocycles. The molecule has 1 unspecified atom stereocenters. The number of anilines is 1. The molecular formula is C21H22N2O3S2. The summed E-state index contributed by atoms with van der Waals surface area (Å²) in [5, 5.41) is 0.677. The van der Waals surface area contributed by atoms with Gasteiger partial charge in [0.05, 0.1) is 30.0 Å². The number of thiazole rings is 1. The van der Waals surface area contributed by atoms with Crippen LogP contribution in [0.4, 0.5) is 5.13 Å². The van der Waals surface area contributed by atoms with Gasteiger partial charge < -0.3 is 9.47 Å². The number of aromatic nitrogens is 1. The first-order chi connectivity index (χ1) is 13.7. The summed E-state index contributed by atoms with van der Waals surface area (Å²) in [6.07, 6.45) is 4.02. The van der Waals surface area contributed by atoms with Gasteiger partial charge in [0.1, 0.15) is 11.3 Å². The summed E-state index contributed by atoms with van der Waals surface area (Å²) in [6, 6.07) is 13.5. The summed E-state index contributed by atoms with van der Waals surface area (Å²) >= 11 is 3.08. The van der Waals surface area contributed by atoms with Gasteiger partial charge in [0.15, 0.2) is 5.13 Å². The molecule has 1 aromatic heterocycles. The van der Waals surface area contributed by atoms with E-state index in [1.165, 1.54) is 11.3 Å². The van der Waals surface area contributed by atoms with Crippen LogP contribution in [0.25, 0.3) is 10.2 Å². The number of thioether (sulfide) groups is 1. The first kappa shape index (κ1) is 19.2. The van der Waals surface area contributed by atoms with Gasteiger partial charge in [-0.2, -0.15) is 0 Å². The van der Waals surface area contributed by atoms with E-state index in [2.05, 4.69) is 0 Å². The smallest absolute Gasteiger partial charge is 0.261 e. The van der Waals surface area contributed by atoms with E-state index in [0.717, 1.165) is 34.6 Å². The average molecular weight is 415 g/mol. The molecule has 28 heavy (non-hydrogen) atoms. The van der Waals surface area contributed by atoms with Crippen molar-refractivity contribution in [1.29, 1.82) is 0 Å². The highest BCUT2D eigenvalue weighted by Crippen LogP contribution is 2.35. The number of carbonyl (C=O) groups excluding carboxylic acids is 1. The minimum absolute atomic E-state index is 0.0410. The Morgan fingerprint density at radius 2 is 2.18 bits per heavy atom. The molecule has 2 heterocycles. The van der Waals surface area contributed by atoms with Crippen molar-refractivity contribution in [2.45, 2.75) is 23.8 Å². The normalized spacial score (nSPS) is 16.4. The molecule has 0 radical (unpaired) electrons. The van der Waals surface area contributed by atoms with Gasteiger partial charge in [-0.05, 0) is 43.4 Å². The monoisotopic (exact) mass is 414 g/mol. The molecule has 5 nitrogen and oxygen atoms in total. The molecule has 1 fully saturated rings. The molecular weight excluding hydrogens is 392 g/mol. The molecule has 0 spiro atoms. The molecule has 1 aliphatic heterocycles. The third-order valence-electron chi connectivity index (χ3n) is 4.81. The highest BCUT2D eigenvalue weighted by molar-refractivity contribution is 7.98. The Labute approximate surface area is 172 Å². The number of rotatable bonds is 6. The summed E-state index contributed by atoms with van der Waals surface area (Å²) in [5.41, 5.74) is 1.48. The van der Waals surface area contributed by atoms with Crippen LogP contribution in [-0.2, 0) is 4.74 Å². The number of benzene rings is 2. The van der Waals surface area contributed by atoms with Crippen molar-refractivity contribution in [2.24, 2.45) is 0 Å². The first-order valence-electron chi connectivity index (χ1n) is 9.21. The van der Waals surface area contributed by atoms with Crippen LogP contribution >= 0.6 is 23.1 Å². The van der Waals surface area contributed by atoms with Gasteiger partial charge in [-0.15, -0.1) is 11.8 Å². The van der Waals surface area contributed by atoms with E-state index in [-0.39, 0.29) is 12.0 Å². The molecule has 0 saturated carbocycles. The third-order valence-corrected chi connectivity index (χ3v) is 6.65. The second-order valence-electron chi connectivity index (χ2n) is 6.55. The number of ether oxygens (including phenoxy) is 2. The Kier molecular flexibility index (Phi) is 5.85. The second-order valence-corrected chi connectivity index (χ2v) is 8.41. The van der Waals surface area contributed by atoms with Gasteiger partial charge in [-0.1, -0.05) is 29.5 Å². The van der Waals surface area contributed by atoms with Crippen LogP contribution in [0.1, 0.15) is 23.2 Å². The summed E-state index contributed by atoms with van der Waals surface area (Å²) in [7, 11) is 1.64. The van der Waals surface area contributed by atoms with Crippen molar-refractivity contribution in [3.63, 3.8) is 0 Å². The first-order valence-corrected chi connectivity index (χ1v) is 11.3. The topological polar surface area (TPSA) is 51.7 Å². The van der Waals surface area contributed by atoms with Crippen molar-refractivity contribution >= 4 is 44.4 Å². The lowest BCUT2D eigenvalue weighted by Crippen LogP contribution is -2.37. The molecule has 0 N–H and O–H groups in total. The Hall–Kier alpha value is -2.09. The second kappa shape index (κ2) is 8.51. The molecule has 1 amide bonds. The fourth-order valence-corrected chi connectivity index (χ4v) is 4.98. The number of hydrogen-bond donors (Lipinski definition) is 0. The molecule has 4 rings (SSSR count).